The van der Waals surface area contributed by atoms with Crippen LogP contribution in [0.2, 0.25) is 0 Å². The van der Waals surface area contributed by atoms with Gasteiger partial charge in [0.25, 0.3) is 0 Å². The first kappa shape index (κ1) is 17.0. The number of nitrogens with zero attached hydrogens (tertiary/aromatic N) is 1. The molecule has 0 amide bonds. The Kier molecular flexibility index (Phi) is 5.86. The fraction of sp³-hybridized carbons (Fsp3) is 0.400. The standard InChI is InChI=1S/C20H27N3O/c1-2-23-19-7-4-3-6-17(19)18-14-16(8-9-20(18)23)15-22-11-5-10-21-12-13-24/h3-4,6-9,14,21-22,24H,2,5,10-13,15H2,1H3. The molecule has 0 aliphatic rings. The molecule has 4 heteroatoms. The van der Waals surface area contributed by atoms with Crippen LogP contribution in [0.1, 0.15) is 18.9 Å². The molecule has 1 aromatic heterocycles. The van der Waals surface area contributed by atoms with Crippen molar-refractivity contribution in [1.29, 1.82) is 0 Å². The minimum Gasteiger partial charge on any atom is -0.395 e. The van der Waals surface area contributed by atoms with Crippen molar-refractivity contribution in [2.75, 3.05) is 26.2 Å². The minimum absolute atomic E-state index is 0.207. The Bertz CT molecular complexity index is 794. The highest BCUT2D eigenvalue weighted by Crippen LogP contribution is 2.29. The number of aliphatic hydroxyl groups is 1. The summed E-state index contributed by atoms with van der Waals surface area (Å²) in [5.41, 5.74) is 3.95. The summed E-state index contributed by atoms with van der Waals surface area (Å²) < 4.78 is 2.38. The normalized spacial score (nSPS) is 11.6. The van der Waals surface area contributed by atoms with E-state index in [1.54, 1.807) is 0 Å². The van der Waals surface area contributed by atoms with Crippen molar-refractivity contribution in [3.8, 4) is 0 Å². The zero-order chi connectivity index (χ0) is 16.8. The third kappa shape index (κ3) is 3.61. The van der Waals surface area contributed by atoms with E-state index in [0.717, 1.165) is 32.6 Å². The van der Waals surface area contributed by atoms with Crippen LogP contribution in [0.4, 0.5) is 0 Å². The van der Waals surface area contributed by atoms with Crippen molar-refractivity contribution in [1.82, 2.24) is 15.2 Å². The molecule has 3 N–H and O–H groups in total. The molecule has 0 saturated carbocycles. The van der Waals surface area contributed by atoms with E-state index in [4.69, 9.17) is 5.11 Å². The summed E-state index contributed by atoms with van der Waals surface area (Å²) in [7, 11) is 0. The highest BCUT2D eigenvalue weighted by atomic mass is 16.3. The van der Waals surface area contributed by atoms with E-state index >= 15 is 0 Å². The van der Waals surface area contributed by atoms with Gasteiger partial charge in [0.2, 0.25) is 0 Å². The van der Waals surface area contributed by atoms with Crippen LogP contribution in [0, 0.1) is 0 Å². The van der Waals surface area contributed by atoms with Crippen molar-refractivity contribution < 1.29 is 5.11 Å². The molecule has 0 unspecified atom stereocenters. The largest absolute Gasteiger partial charge is 0.395 e. The van der Waals surface area contributed by atoms with Crippen molar-refractivity contribution >= 4 is 21.8 Å². The number of rotatable bonds is 9. The van der Waals surface area contributed by atoms with Crippen LogP contribution in [0.15, 0.2) is 42.5 Å². The predicted octanol–water partition coefficient (Wildman–Crippen LogP) is 2.88. The van der Waals surface area contributed by atoms with Crippen LogP contribution >= 0.6 is 0 Å². The van der Waals surface area contributed by atoms with E-state index < -0.39 is 0 Å². The van der Waals surface area contributed by atoms with E-state index in [9.17, 15) is 0 Å². The van der Waals surface area contributed by atoms with Crippen molar-refractivity contribution in [3.05, 3.63) is 48.0 Å². The first-order valence-corrected chi connectivity index (χ1v) is 8.87. The molecule has 0 aliphatic heterocycles. The fourth-order valence-electron chi connectivity index (χ4n) is 3.33. The quantitative estimate of drug-likeness (QED) is 0.530. The Morgan fingerprint density at radius 1 is 0.917 bits per heavy atom. The number of benzene rings is 2. The van der Waals surface area contributed by atoms with Crippen LogP contribution in [0.5, 0.6) is 0 Å². The lowest BCUT2D eigenvalue weighted by Gasteiger charge is -2.07. The fourth-order valence-corrected chi connectivity index (χ4v) is 3.33. The average Bonchev–Trinajstić information content (AvgIpc) is 2.94. The van der Waals surface area contributed by atoms with E-state index in [1.165, 1.54) is 27.4 Å². The summed E-state index contributed by atoms with van der Waals surface area (Å²) in [4.78, 5) is 0. The lowest BCUT2D eigenvalue weighted by atomic mass is 10.1. The van der Waals surface area contributed by atoms with Gasteiger partial charge in [-0.15, -0.1) is 0 Å². The zero-order valence-corrected chi connectivity index (χ0v) is 14.4. The molecule has 0 saturated heterocycles. The second-order valence-electron chi connectivity index (χ2n) is 6.12. The molecule has 3 rings (SSSR count). The second kappa shape index (κ2) is 8.29. The Hall–Kier alpha value is -1.88. The van der Waals surface area contributed by atoms with Gasteiger partial charge in [-0.25, -0.2) is 0 Å². The lowest BCUT2D eigenvalue weighted by Crippen LogP contribution is -2.23. The summed E-state index contributed by atoms with van der Waals surface area (Å²) in [6, 6.07) is 15.4. The number of hydrogen-bond donors (Lipinski definition) is 3. The highest BCUT2D eigenvalue weighted by Gasteiger charge is 2.09. The summed E-state index contributed by atoms with van der Waals surface area (Å²) in [6.07, 6.45) is 1.07. The van der Waals surface area contributed by atoms with Crippen molar-refractivity contribution in [3.63, 3.8) is 0 Å². The van der Waals surface area contributed by atoms with Gasteiger partial charge in [-0.05, 0) is 50.2 Å². The Balaban J connectivity index is 1.69. The summed E-state index contributed by atoms with van der Waals surface area (Å²) in [5, 5.41) is 18.1. The Morgan fingerprint density at radius 2 is 1.71 bits per heavy atom. The van der Waals surface area contributed by atoms with Gasteiger partial charge < -0.3 is 20.3 Å². The summed E-state index contributed by atoms with van der Waals surface area (Å²) in [6.45, 7) is 6.89. The van der Waals surface area contributed by atoms with Gasteiger partial charge in [-0.1, -0.05) is 24.3 Å². The zero-order valence-electron chi connectivity index (χ0n) is 14.4. The van der Waals surface area contributed by atoms with E-state index in [1.807, 2.05) is 0 Å². The van der Waals surface area contributed by atoms with Crippen LogP contribution in [0.3, 0.4) is 0 Å². The van der Waals surface area contributed by atoms with Crippen LogP contribution in [-0.2, 0) is 13.1 Å². The van der Waals surface area contributed by atoms with Gasteiger partial charge in [0, 0.05) is 41.4 Å². The summed E-state index contributed by atoms with van der Waals surface area (Å²) in [5.74, 6) is 0. The van der Waals surface area contributed by atoms with Crippen LogP contribution in [0.25, 0.3) is 21.8 Å². The summed E-state index contributed by atoms with van der Waals surface area (Å²) >= 11 is 0. The Labute approximate surface area is 143 Å². The monoisotopic (exact) mass is 325 g/mol. The molecule has 0 fully saturated rings. The Morgan fingerprint density at radius 3 is 2.54 bits per heavy atom. The number of hydrogen-bond acceptors (Lipinski definition) is 3. The molecule has 24 heavy (non-hydrogen) atoms. The molecule has 0 atom stereocenters. The maximum Gasteiger partial charge on any atom is 0.0555 e. The smallest absolute Gasteiger partial charge is 0.0555 e. The van der Waals surface area contributed by atoms with Gasteiger partial charge in [0.05, 0.1) is 6.61 Å². The molecule has 0 spiro atoms. The van der Waals surface area contributed by atoms with Crippen molar-refractivity contribution in [2.45, 2.75) is 26.4 Å². The SMILES string of the molecule is CCn1c2ccccc2c2cc(CNCCCNCCO)ccc21. The topological polar surface area (TPSA) is 49.2 Å². The molecule has 1 heterocycles. The number of aliphatic hydroxyl groups excluding tert-OH is 1. The van der Waals surface area contributed by atoms with Gasteiger partial charge in [-0.3, -0.25) is 0 Å². The molecule has 2 aromatic carbocycles. The number of fused-ring (bicyclic) bond motifs is 3. The molecular weight excluding hydrogens is 298 g/mol. The number of aromatic nitrogens is 1. The van der Waals surface area contributed by atoms with Gasteiger partial charge in [0.1, 0.15) is 0 Å². The van der Waals surface area contributed by atoms with Crippen LogP contribution < -0.4 is 10.6 Å². The first-order chi connectivity index (χ1) is 11.8. The minimum atomic E-state index is 0.207. The molecule has 0 bridgehead atoms. The second-order valence-corrected chi connectivity index (χ2v) is 6.12. The highest BCUT2D eigenvalue weighted by molar-refractivity contribution is 6.08. The molecule has 4 nitrogen and oxygen atoms in total. The predicted molar refractivity (Wildman–Crippen MR) is 101 cm³/mol. The molecular formula is C20H27N3O. The maximum absolute atomic E-state index is 8.72. The van der Waals surface area contributed by atoms with Gasteiger partial charge in [0.15, 0.2) is 0 Å². The molecule has 0 aliphatic carbocycles. The van der Waals surface area contributed by atoms with E-state index in [0.29, 0.717) is 6.54 Å². The third-order valence-corrected chi connectivity index (χ3v) is 4.48. The number of nitrogens with one attached hydrogen (secondary N) is 2. The van der Waals surface area contributed by atoms with Gasteiger partial charge in [-0.2, -0.15) is 0 Å². The number of aryl methyl sites for hydroxylation is 1. The number of para-hydroxylation sites is 1. The lowest BCUT2D eigenvalue weighted by molar-refractivity contribution is 0.292. The third-order valence-electron chi connectivity index (χ3n) is 4.48. The molecule has 0 radical (unpaired) electrons. The van der Waals surface area contributed by atoms with Crippen LogP contribution in [-0.4, -0.2) is 35.9 Å². The first-order valence-electron chi connectivity index (χ1n) is 8.87. The maximum atomic E-state index is 8.72. The average molecular weight is 325 g/mol. The van der Waals surface area contributed by atoms with Crippen molar-refractivity contribution in [2.24, 2.45) is 0 Å². The molecule has 128 valence electrons. The van der Waals surface area contributed by atoms with E-state index in [2.05, 4.69) is 64.6 Å². The van der Waals surface area contributed by atoms with Gasteiger partial charge >= 0.3 is 0 Å². The van der Waals surface area contributed by atoms with E-state index in [-0.39, 0.29) is 6.61 Å². The molecule has 3 aromatic rings.